The van der Waals surface area contributed by atoms with Gasteiger partial charge in [-0.2, -0.15) is 0 Å². The SMILES string of the molecule is C(OCC1CO1)C1CO1.C=C.C=C.C=C.C=C.C=C.C=C.OCCO. The van der Waals surface area contributed by atoms with Gasteiger partial charge in [0.15, 0.2) is 0 Å². The van der Waals surface area contributed by atoms with Crippen LogP contribution in [0.4, 0.5) is 0 Å². The molecule has 150 valence electrons. The molecule has 2 fully saturated rings. The van der Waals surface area contributed by atoms with Crippen LogP contribution in [-0.2, 0) is 14.2 Å². The Morgan fingerprint density at radius 1 is 0.600 bits per heavy atom. The zero-order valence-electron chi connectivity index (χ0n) is 16.0. The molecular formula is C20H40O5. The van der Waals surface area contributed by atoms with Crippen molar-refractivity contribution in [2.75, 3.05) is 39.6 Å². The standard InChI is InChI=1S/C6H10O3.C2H6O2.6C2H4/c1(5-3-8-5)7-2-6-4-9-6;3-1-2-4;6*1-2/h5-6H,1-4H2;3-4H,1-2H2;6*1-2H2. The molecule has 5 nitrogen and oxygen atoms in total. The van der Waals surface area contributed by atoms with E-state index < -0.39 is 0 Å². The van der Waals surface area contributed by atoms with E-state index in [1.807, 2.05) is 0 Å². The van der Waals surface area contributed by atoms with Gasteiger partial charge in [0.25, 0.3) is 0 Å². The molecular weight excluding hydrogens is 320 g/mol. The third-order valence-electron chi connectivity index (χ3n) is 1.51. The number of ether oxygens (including phenoxy) is 3. The molecule has 0 radical (unpaired) electrons. The molecule has 0 amide bonds. The first kappa shape index (κ1) is 38.7. The van der Waals surface area contributed by atoms with Crippen LogP contribution in [0, 0.1) is 0 Å². The third kappa shape index (κ3) is 72.1. The molecule has 2 N–H and O–H groups in total. The first-order valence-corrected chi connectivity index (χ1v) is 7.39. The van der Waals surface area contributed by atoms with Crippen LogP contribution in [0.25, 0.3) is 0 Å². The van der Waals surface area contributed by atoms with Crippen molar-refractivity contribution in [3.05, 3.63) is 78.9 Å². The molecule has 0 aliphatic carbocycles. The van der Waals surface area contributed by atoms with E-state index in [1.54, 1.807) is 0 Å². The average molecular weight is 361 g/mol. The molecule has 0 aromatic heterocycles. The van der Waals surface area contributed by atoms with Gasteiger partial charge < -0.3 is 24.4 Å². The summed E-state index contributed by atoms with van der Waals surface area (Å²) in [6.45, 7) is 39.0. The van der Waals surface area contributed by atoms with Gasteiger partial charge in [-0.3, -0.25) is 0 Å². The summed E-state index contributed by atoms with van der Waals surface area (Å²) in [5.41, 5.74) is 0. The summed E-state index contributed by atoms with van der Waals surface area (Å²) >= 11 is 0. The molecule has 0 bridgehead atoms. The Balaban J connectivity index is -0.0000000489. The third-order valence-corrected chi connectivity index (χ3v) is 1.51. The second-order valence-electron chi connectivity index (χ2n) is 2.90. The molecule has 2 aliphatic heterocycles. The highest BCUT2D eigenvalue weighted by Gasteiger charge is 2.26. The fourth-order valence-corrected chi connectivity index (χ4v) is 0.659. The summed E-state index contributed by atoms with van der Waals surface area (Å²) in [6.07, 6.45) is 0.785. The normalized spacial score (nSPS) is 16.1. The summed E-state index contributed by atoms with van der Waals surface area (Å²) in [4.78, 5) is 0. The zero-order chi connectivity index (χ0) is 21.5. The fraction of sp³-hybridized carbons (Fsp3) is 0.400. The van der Waals surface area contributed by atoms with Crippen LogP contribution in [0.3, 0.4) is 0 Å². The molecule has 0 saturated carbocycles. The largest absolute Gasteiger partial charge is 0.394 e. The topological polar surface area (TPSA) is 74.8 Å². The van der Waals surface area contributed by atoms with E-state index in [0.717, 1.165) is 26.4 Å². The molecule has 2 atom stereocenters. The Morgan fingerprint density at radius 3 is 0.920 bits per heavy atom. The second-order valence-corrected chi connectivity index (χ2v) is 2.90. The van der Waals surface area contributed by atoms with Gasteiger partial charge in [-0.25, -0.2) is 0 Å². The fourth-order valence-electron chi connectivity index (χ4n) is 0.659. The highest BCUT2D eigenvalue weighted by Crippen LogP contribution is 2.12. The zero-order valence-corrected chi connectivity index (χ0v) is 16.0. The predicted octanol–water partition coefficient (Wildman–Crippen LogP) is 3.58. The van der Waals surface area contributed by atoms with Gasteiger partial charge in [0.1, 0.15) is 12.2 Å². The van der Waals surface area contributed by atoms with Crippen molar-refractivity contribution in [2.45, 2.75) is 12.2 Å². The molecule has 25 heavy (non-hydrogen) atoms. The van der Waals surface area contributed by atoms with Crippen LogP contribution < -0.4 is 0 Å². The van der Waals surface area contributed by atoms with E-state index in [2.05, 4.69) is 78.9 Å². The van der Waals surface area contributed by atoms with Gasteiger partial charge in [0.05, 0.1) is 39.6 Å². The van der Waals surface area contributed by atoms with Crippen molar-refractivity contribution < 1.29 is 24.4 Å². The molecule has 0 aromatic rings. The summed E-state index contributed by atoms with van der Waals surface area (Å²) in [5, 5.41) is 15.2. The van der Waals surface area contributed by atoms with Crippen LogP contribution >= 0.6 is 0 Å². The van der Waals surface area contributed by atoms with Gasteiger partial charge in [-0.1, -0.05) is 0 Å². The molecule has 2 rings (SSSR count). The lowest BCUT2D eigenvalue weighted by molar-refractivity contribution is 0.102. The van der Waals surface area contributed by atoms with E-state index in [1.165, 1.54) is 0 Å². The number of hydrogen-bond acceptors (Lipinski definition) is 5. The van der Waals surface area contributed by atoms with Crippen LogP contribution in [0.1, 0.15) is 0 Å². The maximum Gasteiger partial charge on any atom is 0.104 e. The number of rotatable bonds is 5. The maximum atomic E-state index is 7.62. The maximum absolute atomic E-state index is 7.62. The lowest BCUT2D eigenvalue weighted by atomic mass is 10.5. The van der Waals surface area contributed by atoms with Crippen molar-refractivity contribution in [1.82, 2.24) is 0 Å². The molecule has 0 aromatic carbocycles. The minimum atomic E-state index is -0.125. The van der Waals surface area contributed by atoms with Gasteiger partial charge in [0.2, 0.25) is 0 Å². The molecule has 2 saturated heterocycles. The highest BCUT2D eigenvalue weighted by atomic mass is 16.6. The summed E-state index contributed by atoms with van der Waals surface area (Å²) < 4.78 is 15.1. The Kier molecular flexibility index (Phi) is 88.5. The van der Waals surface area contributed by atoms with Gasteiger partial charge in [0, 0.05) is 0 Å². The molecule has 2 aliphatic rings. The molecule has 2 unspecified atom stereocenters. The van der Waals surface area contributed by atoms with E-state index in [9.17, 15) is 0 Å². The smallest absolute Gasteiger partial charge is 0.104 e. The Morgan fingerprint density at radius 2 is 0.800 bits per heavy atom. The van der Waals surface area contributed by atoms with Crippen molar-refractivity contribution in [1.29, 1.82) is 0 Å². The molecule has 0 spiro atoms. The average Bonchev–Trinajstić information content (AvgIpc) is 3.68. The van der Waals surface area contributed by atoms with Crippen molar-refractivity contribution >= 4 is 0 Å². The minimum absolute atomic E-state index is 0.125. The van der Waals surface area contributed by atoms with Crippen molar-refractivity contribution in [3.8, 4) is 0 Å². The first-order valence-electron chi connectivity index (χ1n) is 7.39. The van der Waals surface area contributed by atoms with Crippen LogP contribution in [-0.4, -0.2) is 62.1 Å². The van der Waals surface area contributed by atoms with Crippen molar-refractivity contribution in [3.63, 3.8) is 0 Å². The monoisotopic (exact) mass is 360 g/mol. The Labute approximate surface area is 155 Å². The van der Waals surface area contributed by atoms with Crippen LogP contribution in [0.2, 0.25) is 0 Å². The number of aliphatic hydroxyl groups excluding tert-OH is 2. The van der Waals surface area contributed by atoms with E-state index in [4.69, 9.17) is 24.4 Å². The van der Waals surface area contributed by atoms with Gasteiger partial charge in [-0.05, 0) is 0 Å². The van der Waals surface area contributed by atoms with E-state index >= 15 is 0 Å². The highest BCUT2D eigenvalue weighted by molar-refractivity contribution is 4.71. The Hall–Kier alpha value is -1.76. The molecule has 2 heterocycles. The summed E-state index contributed by atoms with van der Waals surface area (Å²) in [6, 6.07) is 0. The lowest BCUT2D eigenvalue weighted by Crippen LogP contribution is -2.06. The second kappa shape index (κ2) is 57.2. The first-order chi connectivity index (χ1) is 12.4. The van der Waals surface area contributed by atoms with Crippen LogP contribution in [0.5, 0.6) is 0 Å². The van der Waals surface area contributed by atoms with E-state index in [-0.39, 0.29) is 13.2 Å². The van der Waals surface area contributed by atoms with Crippen molar-refractivity contribution in [2.24, 2.45) is 0 Å². The number of aliphatic hydroxyl groups is 2. The summed E-state index contributed by atoms with van der Waals surface area (Å²) in [5.74, 6) is 0. The number of epoxide rings is 2. The van der Waals surface area contributed by atoms with Crippen LogP contribution in [0.15, 0.2) is 78.9 Å². The molecule has 5 heteroatoms. The quantitative estimate of drug-likeness (QED) is 0.579. The minimum Gasteiger partial charge on any atom is -0.394 e. The van der Waals surface area contributed by atoms with Gasteiger partial charge in [-0.15, -0.1) is 78.9 Å². The summed E-state index contributed by atoms with van der Waals surface area (Å²) in [7, 11) is 0. The number of hydrogen-bond donors (Lipinski definition) is 2. The van der Waals surface area contributed by atoms with Gasteiger partial charge >= 0.3 is 0 Å². The Bertz CT molecular complexity index is 165. The predicted molar refractivity (Wildman–Crippen MR) is 112 cm³/mol. The van der Waals surface area contributed by atoms with E-state index in [0.29, 0.717) is 12.2 Å². The lowest BCUT2D eigenvalue weighted by Gasteiger charge is -1.95.